The second-order valence-electron chi connectivity index (χ2n) is 2.62. The van der Waals surface area contributed by atoms with E-state index in [0.717, 1.165) is 13.2 Å². The second kappa shape index (κ2) is 4.22. The van der Waals surface area contributed by atoms with E-state index in [2.05, 4.69) is 4.74 Å². The number of halogens is 2. The van der Waals surface area contributed by atoms with Crippen molar-refractivity contribution in [3.05, 3.63) is 28.1 Å². The molecule has 0 amide bonds. The molecule has 88 valence electrons. The van der Waals surface area contributed by atoms with Crippen LogP contribution in [0.1, 0.15) is 0 Å². The van der Waals surface area contributed by atoms with Crippen LogP contribution in [-0.4, -0.2) is 20.5 Å². The fraction of sp³-hybridized carbons (Fsp3) is 0.143. The van der Waals surface area contributed by atoms with Gasteiger partial charge in [0.1, 0.15) is 5.82 Å². The molecule has 1 aromatic rings. The van der Waals surface area contributed by atoms with Gasteiger partial charge in [0.25, 0.3) is 9.05 Å². The first kappa shape index (κ1) is 12.7. The van der Waals surface area contributed by atoms with Gasteiger partial charge >= 0.3 is 5.69 Å². The summed E-state index contributed by atoms with van der Waals surface area (Å²) in [6, 6.07) is 1.43. The topological polar surface area (TPSA) is 86.5 Å². The Kier molecular flexibility index (Phi) is 3.34. The summed E-state index contributed by atoms with van der Waals surface area (Å²) in [5.41, 5.74) is -0.678. The van der Waals surface area contributed by atoms with Crippen molar-refractivity contribution in [2.75, 3.05) is 7.11 Å². The fourth-order valence-electron chi connectivity index (χ4n) is 1.10. The van der Waals surface area contributed by atoms with E-state index >= 15 is 0 Å². The van der Waals surface area contributed by atoms with Crippen LogP contribution in [0.25, 0.3) is 0 Å². The number of benzene rings is 1. The van der Waals surface area contributed by atoms with Crippen LogP contribution in [0.15, 0.2) is 17.0 Å². The van der Waals surface area contributed by atoms with E-state index < -0.39 is 36.1 Å². The van der Waals surface area contributed by atoms with Crippen molar-refractivity contribution in [2.45, 2.75) is 4.90 Å². The summed E-state index contributed by atoms with van der Waals surface area (Å²) < 4.78 is 39.8. The van der Waals surface area contributed by atoms with E-state index in [0.29, 0.717) is 6.07 Å². The van der Waals surface area contributed by atoms with E-state index in [1.54, 1.807) is 0 Å². The van der Waals surface area contributed by atoms with Crippen LogP contribution in [0, 0.1) is 15.9 Å². The van der Waals surface area contributed by atoms with Crippen LogP contribution >= 0.6 is 10.7 Å². The lowest BCUT2D eigenvalue weighted by atomic mass is 10.3. The van der Waals surface area contributed by atoms with Crippen LogP contribution < -0.4 is 4.74 Å². The molecule has 0 N–H and O–H groups in total. The highest BCUT2D eigenvalue weighted by Crippen LogP contribution is 2.37. The predicted molar refractivity (Wildman–Crippen MR) is 52.6 cm³/mol. The molecule has 0 unspecified atom stereocenters. The van der Waals surface area contributed by atoms with Crippen LogP contribution in [0.2, 0.25) is 0 Å². The molecule has 0 saturated heterocycles. The molecule has 0 aliphatic carbocycles. The summed E-state index contributed by atoms with van der Waals surface area (Å²) in [5.74, 6) is -1.93. The molecule has 1 rings (SSSR count). The summed E-state index contributed by atoms with van der Waals surface area (Å²) in [5, 5.41) is 10.5. The molecule has 6 nitrogen and oxygen atoms in total. The number of nitro benzene ring substituents is 1. The van der Waals surface area contributed by atoms with Gasteiger partial charge in [0, 0.05) is 16.7 Å². The molecule has 0 aliphatic rings. The number of hydrogen-bond acceptors (Lipinski definition) is 5. The number of methoxy groups -OCH3 is 1. The van der Waals surface area contributed by atoms with Crippen molar-refractivity contribution in [3.63, 3.8) is 0 Å². The third-order valence-corrected chi connectivity index (χ3v) is 3.02. The molecule has 0 spiro atoms. The summed E-state index contributed by atoms with van der Waals surface area (Å²) >= 11 is 0. The van der Waals surface area contributed by atoms with Gasteiger partial charge in [-0.1, -0.05) is 0 Å². The van der Waals surface area contributed by atoms with Crippen LogP contribution in [0.5, 0.6) is 5.75 Å². The Morgan fingerprint density at radius 1 is 1.50 bits per heavy atom. The van der Waals surface area contributed by atoms with Crippen molar-refractivity contribution in [1.82, 2.24) is 0 Å². The average molecular weight is 270 g/mol. The quantitative estimate of drug-likeness (QED) is 0.473. The van der Waals surface area contributed by atoms with E-state index in [1.165, 1.54) is 0 Å². The zero-order valence-electron chi connectivity index (χ0n) is 7.81. The number of nitro groups is 1. The summed E-state index contributed by atoms with van der Waals surface area (Å²) in [4.78, 5) is 8.60. The Morgan fingerprint density at radius 3 is 2.44 bits per heavy atom. The highest BCUT2D eigenvalue weighted by Gasteiger charge is 2.29. The predicted octanol–water partition coefficient (Wildman–Crippen LogP) is 1.67. The van der Waals surface area contributed by atoms with E-state index in [9.17, 15) is 22.9 Å². The zero-order valence-corrected chi connectivity index (χ0v) is 9.38. The molecule has 0 heterocycles. The summed E-state index contributed by atoms with van der Waals surface area (Å²) in [6.45, 7) is 0. The number of rotatable bonds is 3. The maximum Gasteiger partial charge on any atom is 0.312 e. The normalized spacial score (nSPS) is 11.2. The molecule has 0 radical (unpaired) electrons. The molecule has 16 heavy (non-hydrogen) atoms. The molecule has 9 heteroatoms. The van der Waals surface area contributed by atoms with Gasteiger partial charge < -0.3 is 4.74 Å². The fourth-order valence-corrected chi connectivity index (χ4v) is 2.24. The van der Waals surface area contributed by atoms with Crippen LogP contribution in [0.4, 0.5) is 10.1 Å². The maximum atomic E-state index is 13.2. The Labute approximate surface area is 94.2 Å². The van der Waals surface area contributed by atoms with E-state index in [-0.39, 0.29) is 0 Å². The number of ether oxygens (including phenoxy) is 1. The molecule has 0 atom stereocenters. The lowest BCUT2D eigenvalue weighted by Gasteiger charge is -2.06. The minimum atomic E-state index is -4.46. The van der Waals surface area contributed by atoms with Crippen molar-refractivity contribution < 1.29 is 22.5 Å². The number of hydrogen-bond donors (Lipinski definition) is 0. The van der Waals surface area contributed by atoms with Gasteiger partial charge in [-0.25, -0.2) is 12.8 Å². The molecule has 0 saturated carbocycles. The smallest absolute Gasteiger partial charge is 0.312 e. The Balaban J connectivity index is 3.71. The number of nitrogens with zero attached hydrogens (tertiary/aromatic N) is 1. The van der Waals surface area contributed by atoms with Gasteiger partial charge in [-0.3, -0.25) is 10.1 Å². The first-order valence-corrected chi connectivity index (χ1v) is 6.05. The lowest BCUT2D eigenvalue weighted by molar-refractivity contribution is -0.386. The van der Waals surface area contributed by atoms with Gasteiger partial charge in [0.15, 0.2) is 4.90 Å². The first-order valence-electron chi connectivity index (χ1n) is 3.74. The highest BCUT2D eigenvalue weighted by atomic mass is 35.7. The summed E-state index contributed by atoms with van der Waals surface area (Å²) in [6.07, 6.45) is 0. The van der Waals surface area contributed by atoms with Crippen molar-refractivity contribution in [3.8, 4) is 5.75 Å². The standard InChI is InChI=1S/C7H5ClFNO5S/c1-15-6-5(10(11)12)3-2-4(9)7(6)16(8,13)14/h2-3H,1H3. The third kappa shape index (κ3) is 2.22. The molecular formula is C7H5ClFNO5S. The average Bonchev–Trinajstić information content (AvgIpc) is 2.14. The molecule has 0 aliphatic heterocycles. The van der Waals surface area contributed by atoms with Gasteiger partial charge in [0.05, 0.1) is 12.0 Å². The Bertz CT molecular complexity index is 544. The minimum absolute atomic E-state index is 0.635. The second-order valence-corrected chi connectivity index (χ2v) is 5.13. The Hall–Kier alpha value is -1.41. The van der Waals surface area contributed by atoms with Crippen LogP contribution in [-0.2, 0) is 9.05 Å². The van der Waals surface area contributed by atoms with E-state index in [4.69, 9.17) is 10.7 Å². The lowest BCUT2D eigenvalue weighted by Crippen LogP contribution is -2.03. The van der Waals surface area contributed by atoms with Gasteiger partial charge in [-0.15, -0.1) is 0 Å². The minimum Gasteiger partial charge on any atom is -0.489 e. The van der Waals surface area contributed by atoms with Crippen LogP contribution in [0.3, 0.4) is 0 Å². The summed E-state index contributed by atoms with van der Waals surface area (Å²) in [7, 11) is 1.47. The Morgan fingerprint density at radius 2 is 2.06 bits per heavy atom. The van der Waals surface area contributed by atoms with Crippen molar-refractivity contribution >= 4 is 25.4 Å². The van der Waals surface area contributed by atoms with Crippen molar-refractivity contribution in [2.24, 2.45) is 0 Å². The zero-order chi connectivity index (χ0) is 12.5. The van der Waals surface area contributed by atoms with Gasteiger partial charge in [-0.05, 0) is 6.07 Å². The monoisotopic (exact) mass is 269 g/mol. The van der Waals surface area contributed by atoms with Gasteiger partial charge in [-0.2, -0.15) is 0 Å². The largest absolute Gasteiger partial charge is 0.489 e. The molecule has 0 aromatic heterocycles. The first-order chi connectivity index (χ1) is 7.29. The van der Waals surface area contributed by atoms with E-state index in [1.807, 2.05) is 0 Å². The molecular weight excluding hydrogens is 265 g/mol. The SMILES string of the molecule is COc1c([N+](=O)[O-])ccc(F)c1S(=O)(=O)Cl. The maximum absolute atomic E-state index is 13.2. The molecule has 0 fully saturated rings. The molecule has 1 aromatic carbocycles. The molecule has 0 bridgehead atoms. The highest BCUT2D eigenvalue weighted by molar-refractivity contribution is 8.13. The van der Waals surface area contributed by atoms with Crippen molar-refractivity contribution in [1.29, 1.82) is 0 Å². The third-order valence-electron chi connectivity index (χ3n) is 1.69. The van der Waals surface area contributed by atoms with Gasteiger partial charge in [0.2, 0.25) is 5.75 Å².